The molecule has 0 saturated carbocycles. The van der Waals surface area contributed by atoms with E-state index in [1.54, 1.807) is 11.3 Å². The van der Waals surface area contributed by atoms with Crippen molar-refractivity contribution in [1.82, 2.24) is 10.3 Å². The minimum Gasteiger partial charge on any atom is -0.347 e. The molecule has 0 amide bonds. The molecule has 0 spiro atoms. The van der Waals surface area contributed by atoms with Crippen molar-refractivity contribution < 1.29 is 8.42 Å². The quantitative estimate of drug-likeness (QED) is 0.893. The fraction of sp³-hybridized carbons (Fsp3) is 0.769. The monoisotopic (exact) mass is 315 g/mol. The molecule has 112 valence electrons. The maximum Gasteiger partial charge on any atom is 0.185 e. The molecule has 1 aliphatic carbocycles. The van der Waals surface area contributed by atoms with Gasteiger partial charge in [-0.05, 0) is 32.7 Å². The van der Waals surface area contributed by atoms with Gasteiger partial charge in [-0.25, -0.2) is 13.4 Å². The zero-order chi connectivity index (χ0) is 14.2. The Bertz CT molecular complexity index is 582. The van der Waals surface area contributed by atoms with Crippen molar-refractivity contribution in [2.75, 3.05) is 36.5 Å². The lowest BCUT2D eigenvalue weighted by molar-refractivity contribution is 0.501. The van der Waals surface area contributed by atoms with E-state index in [1.165, 1.54) is 23.4 Å². The Kier molecular flexibility index (Phi) is 4.01. The summed E-state index contributed by atoms with van der Waals surface area (Å²) in [5.74, 6) is 0.570. The normalized spacial score (nSPS) is 26.1. The van der Waals surface area contributed by atoms with Crippen LogP contribution in [0, 0.1) is 0 Å². The van der Waals surface area contributed by atoms with E-state index in [1.807, 2.05) is 7.05 Å². The third-order valence-corrected chi connectivity index (χ3v) is 7.10. The second-order valence-electron chi connectivity index (χ2n) is 5.53. The predicted molar refractivity (Wildman–Crippen MR) is 82.3 cm³/mol. The fourth-order valence-electron chi connectivity index (χ4n) is 2.95. The Balaban J connectivity index is 1.83. The number of hydrogen-bond donors (Lipinski definition) is 1. The van der Waals surface area contributed by atoms with Gasteiger partial charge < -0.3 is 10.2 Å². The van der Waals surface area contributed by atoms with Gasteiger partial charge in [0.05, 0.1) is 17.2 Å². The van der Waals surface area contributed by atoms with Gasteiger partial charge in [-0.2, -0.15) is 0 Å². The molecule has 1 aliphatic heterocycles. The van der Waals surface area contributed by atoms with Gasteiger partial charge in [0.1, 0.15) is 0 Å². The fourth-order valence-corrected chi connectivity index (χ4v) is 5.53. The number of hydrogen-bond acceptors (Lipinski definition) is 6. The largest absolute Gasteiger partial charge is 0.347 e. The summed E-state index contributed by atoms with van der Waals surface area (Å²) in [5.41, 5.74) is 1.21. The lowest BCUT2D eigenvalue weighted by atomic mass is 9.98. The van der Waals surface area contributed by atoms with Crippen LogP contribution in [0.2, 0.25) is 0 Å². The number of thiazole rings is 1. The lowest BCUT2D eigenvalue weighted by Crippen LogP contribution is -2.26. The Labute approximate surface area is 124 Å². The van der Waals surface area contributed by atoms with Gasteiger partial charge in [0.25, 0.3) is 0 Å². The maximum atomic E-state index is 11.7. The van der Waals surface area contributed by atoms with E-state index < -0.39 is 9.84 Å². The molecule has 7 heteroatoms. The minimum absolute atomic E-state index is 0.257. The first-order valence-electron chi connectivity index (χ1n) is 7.21. The highest BCUT2D eigenvalue weighted by atomic mass is 32.2. The van der Waals surface area contributed by atoms with Crippen LogP contribution in [-0.4, -0.2) is 45.0 Å². The van der Waals surface area contributed by atoms with Gasteiger partial charge in [0, 0.05) is 24.0 Å². The summed E-state index contributed by atoms with van der Waals surface area (Å²) in [6.45, 7) is 1.38. The second-order valence-corrected chi connectivity index (χ2v) is 8.85. The number of aryl methyl sites for hydroxylation is 1. The van der Waals surface area contributed by atoms with Crippen molar-refractivity contribution in [2.45, 2.75) is 31.7 Å². The Morgan fingerprint density at radius 1 is 1.30 bits per heavy atom. The summed E-state index contributed by atoms with van der Waals surface area (Å²) >= 11 is 1.74. The van der Waals surface area contributed by atoms with E-state index in [0.717, 1.165) is 18.1 Å². The summed E-state index contributed by atoms with van der Waals surface area (Å²) < 4.78 is 23.4. The number of sulfone groups is 1. The standard InChI is InChI=1S/C13H21N3O2S2/c1-14-10-4-2-5-11-12(10)19-13(15-11)16-6-3-8-20(17,18)9-7-16/h10,14H,2-9H2,1H3. The summed E-state index contributed by atoms with van der Waals surface area (Å²) in [6.07, 6.45) is 4.10. The summed E-state index contributed by atoms with van der Waals surface area (Å²) in [6, 6.07) is 0.417. The zero-order valence-electron chi connectivity index (χ0n) is 11.8. The molecule has 1 fully saturated rings. The molecule has 2 heterocycles. The number of nitrogens with zero attached hydrogens (tertiary/aromatic N) is 2. The molecule has 1 N–H and O–H groups in total. The molecule has 1 atom stereocenters. The van der Waals surface area contributed by atoms with Gasteiger partial charge in [-0.15, -0.1) is 0 Å². The van der Waals surface area contributed by atoms with E-state index in [9.17, 15) is 8.42 Å². The summed E-state index contributed by atoms with van der Waals surface area (Å²) in [5, 5.41) is 4.37. The molecule has 0 bridgehead atoms. The van der Waals surface area contributed by atoms with Crippen LogP contribution in [0.1, 0.15) is 35.9 Å². The highest BCUT2D eigenvalue weighted by molar-refractivity contribution is 7.91. The van der Waals surface area contributed by atoms with Crippen molar-refractivity contribution in [3.8, 4) is 0 Å². The highest BCUT2D eigenvalue weighted by Crippen LogP contribution is 2.37. The van der Waals surface area contributed by atoms with E-state index in [4.69, 9.17) is 4.98 Å². The summed E-state index contributed by atoms with van der Waals surface area (Å²) in [4.78, 5) is 8.27. The number of aromatic nitrogens is 1. The molecule has 0 radical (unpaired) electrons. The minimum atomic E-state index is -2.85. The zero-order valence-corrected chi connectivity index (χ0v) is 13.4. The van der Waals surface area contributed by atoms with Crippen molar-refractivity contribution >= 4 is 26.3 Å². The van der Waals surface area contributed by atoms with Crippen LogP contribution < -0.4 is 10.2 Å². The smallest absolute Gasteiger partial charge is 0.185 e. The van der Waals surface area contributed by atoms with E-state index in [-0.39, 0.29) is 5.75 Å². The number of nitrogens with one attached hydrogen (secondary N) is 1. The van der Waals surface area contributed by atoms with Gasteiger partial charge in [-0.3, -0.25) is 0 Å². The molecule has 5 nitrogen and oxygen atoms in total. The van der Waals surface area contributed by atoms with Crippen molar-refractivity contribution in [1.29, 1.82) is 0 Å². The van der Waals surface area contributed by atoms with Gasteiger partial charge in [0.15, 0.2) is 15.0 Å². The molecular formula is C13H21N3O2S2. The van der Waals surface area contributed by atoms with Crippen LogP contribution in [0.25, 0.3) is 0 Å². The molecule has 1 saturated heterocycles. The Morgan fingerprint density at radius 2 is 2.15 bits per heavy atom. The molecule has 3 rings (SSSR count). The second kappa shape index (κ2) is 5.61. The predicted octanol–water partition coefficient (Wildman–Crippen LogP) is 1.36. The maximum absolute atomic E-state index is 11.7. The SMILES string of the molecule is CNC1CCCc2nc(N3CCCS(=O)(=O)CC3)sc21. The average molecular weight is 315 g/mol. The average Bonchev–Trinajstić information content (AvgIpc) is 2.77. The van der Waals surface area contributed by atoms with Gasteiger partial charge >= 0.3 is 0 Å². The third kappa shape index (κ3) is 2.84. The van der Waals surface area contributed by atoms with Crippen LogP contribution in [0.5, 0.6) is 0 Å². The third-order valence-electron chi connectivity index (χ3n) is 4.11. The molecule has 1 aromatic rings. The molecule has 20 heavy (non-hydrogen) atoms. The van der Waals surface area contributed by atoms with Crippen LogP contribution in [0.3, 0.4) is 0 Å². The van der Waals surface area contributed by atoms with E-state index in [2.05, 4.69) is 10.2 Å². The lowest BCUT2D eigenvalue weighted by Gasteiger charge is -2.20. The van der Waals surface area contributed by atoms with Gasteiger partial charge in [-0.1, -0.05) is 11.3 Å². The topological polar surface area (TPSA) is 62.3 Å². The first-order chi connectivity index (χ1) is 9.59. The molecule has 2 aliphatic rings. The van der Waals surface area contributed by atoms with Crippen LogP contribution in [-0.2, 0) is 16.3 Å². The molecule has 1 aromatic heterocycles. The van der Waals surface area contributed by atoms with Crippen molar-refractivity contribution in [3.63, 3.8) is 0 Å². The first-order valence-corrected chi connectivity index (χ1v) is 9.85. The molecule has 0 aromatic carbocycles. The highest BCUT2D eigenvalue weighted by Gasteiger charge is 2.27. The summed E-state index contributed by atoms with van der Waals surface area (Å²) in [7, 11) is -0.857. The van der Waals surface area contributed by atoms with Crippen LogP contribution >= 0.6 is 11.3 Å². The number of fused-ring (bicyclic) bond motifs is 1. The van der Waals surface area contributed by atoms with E-state index in [0.29, 0.717) is 24.8 Å². The van der Waals surface area contributed by atoms with Crippen LogP contribution in [0.15, 0.2) is 0 Å². The van der Waals surface area contributed by atoms with Crippen molar-refractivity contribution in [3.05, 3.63) is 10.6 Å². The Hall–Kier alpha value is -0.660. The van der Waals surface area contributed by atoms with Crippen LogP contribution in [0.4, 0.5) is 5.13 Å². The number of anilines is 1. The Morgan fingerprint density at radius 3 is 2.95 bits per heavy atom. The van der Waals surface area contributed by atoms with E-state index >= 15 is 0 Å². The molecular weight excluding hydrogens is 294 g/mol. The van der Waals surface area contributed by atoms with Crippen molar-refractivity contribution in [2.24, 2.45) is 0 Å². The first kappa shape index (κ1) is 14.3. The number of rotatable bonds is 2. The van der Waals surface area contributed by atoms with Gasteiger partial charge in [0.2, 0.25) is 0 Å². The molecule has 1 unspecified atom stereocenters.